The van der Waals surface area contributed by atoms with Gasteiger partial charge in [-0.25, -0.2) is 0 Å². The second-order valence-electron chi connectivity index (χ2n) is 5.95. The van der Waals surface area contributed by atoms with Crippen molar-refractivity contribution in [2.75, 3.05) is 13.1 Å². The molecule has 0 atom stereocenters. The van der Waals surface area contributed by atoms with E-state index in [1.54, 1.807) is 24.3 Å². The zero-order valence-electron chi connectivity index (χ0n) is 14.3. The molecule has 0 aromatic heterocycles. The maximum absolute atomic E-state index is 12.0. The Kier molecular flexibility index (Phi) is 6.70. The Hall–Kier alpha value is -2.46. The average Bonchev–Trinajstić information content (AvgIpc) is 2.60. The molecule has 2 aromatic carbocycles. The molecule has 0 unspecified atom stereocenters. The first kappa shape index (κ1) is 17.9. The van der Waals surface area contributed by atoms with Crippen molar-refractivity contribution in [3.63, 3.8) is 0 Å². The highest BCUT2D eigenvalue weighted by atomic mass is 16.1. The van der Waals surface area contributed by atoms with Crippen LogP contribution in [0.3, 0.4) is 0 Å². The third-order valence-corrected chi connectivity index (χ3v) is 4.00. The van der Waals surface area contributed by atoms with Gasteiger partial charge in [-0.05, 0) is 55.6 Å². The molecule has 24 heavy (non-hydrogen) atoms. The van der Waals surface area contributed by atoms with E-state index in [0.29, 0.717) is 17.7 Å². The monoisotopic (exact) mass is 324 g/mol. The maximum atomic E-state index is 12.0. The first-order valence-electron chi connectivity index (χ1n) is 8.20. The van der Waals surface area contributed by atoms with Gasteiger partial charge in [-0.1, -0.05) is 30.3 Å². The molecule has 0 saturated carbocycles. The first-order valence-corrected chi connectivity index (χ1v) is 8.20. The molecule has 2 rings (SSSR count). The normalized spacial score (nSPS) is 10.4. The lowest BCUT2D eigenvalue weighted by atomic mass is 10.1. The Morgan fingerprint density at radius 1 is 1.04 bits per heavy atom. The molecule has 0 aliphatic rings. The van der Waals surface area contributed by atoms with E-state index < -0.39 is 0 Å². The van der Waals surface area contributed by atoms with Gasteiger partial charge in [0.1, 0.15) is 6.29 Å². The summed E-state index contributed by atoms with van der Waals surface area (Å²) in [5, 5.41) is 6.25. The summed E-state index contributed by atoms with van der Waals surface area (Å²) in [7, 11) is 0. The van der Waals surface area contributed by atoms with Gasteiger partial charge < -0.3 is 10.6 Å². The number of aldehydes is 1. The van der Waals surface area contributed by atoms with Crippen molar-refractivity contribution >= 4 is 12.2 Å². The van der Waals surface area contributed by atoms with E-state index >= 15 is 0 Å². The van der Waals surface area contributed by atoms with Gasteiger partial charge in [0.25, 0.3) is 5.91 Å². The molecule has 0 heterocycles. The van der Waals surface area contributed by atoms with Crippen LogP contribution >= 0.6 is 0 Å². The van der Waals surface area contributed by atoms with Crippen molar-refractivity contribution < 1.29 is 9.59 Å². The van der Waals surface area contributed by atoms with Crippen LogP contribution in [0, 0.1) is 13.8 Å². The summed E-state index contributed by atoms with van der Waals surface area (Å²) in [6.45, 7) is 6.50. The van der Waals surface area contributed by atoms with E-state index in [9.17, 15) is 9.59 Å². The number of aryl methyl sites for hydroxylation is 2. The zero-order valence-corrected chi connectivity index (χ0v) is 14.3. The van der Waals surface area contributed by atoms with Gasteiger partial charge >= 0.3 is 0 Å². The fourth-order valence-electron chi connectivity index (χ4n) is 2.42. The van der Waals surface area contributed by atoms with E-state index in [-0.39, 0.29) is 5.91 Å². The number of amides is 1. The SMILES string of the molecule is Cc1ccc(CNCCCNC(=O)c2cccc(C=O)c2)cc1C. The molecular weight excluding hydrogens is 300 g/mol. The maximum Gasteiger partial charge on any atom is 0.251 e. The molecule has 0 aliphatic heterocycles. The lowest BCUT2D eigenvalue weighted by Crippen LogP contribution is -2.27. The molecular formula is C20H24N2O2. The molecule has 4 nitrogen and oxygen atoms in total. The number of hydrogen-bond donors (Lipinski definition) is 2. The summed E-state index contributed by atoms with van der Waals surface area (Å²) in [6.07, 6.45) is 1.59. The molecule has 0 bridgehead atoms. The van der Waals surface area contributed by atoms with Crippen LogP contribution in [0.1, 0.15) is 43.8 Å². The molecule has 1 amide bonds. The Labute approximate surface area is 143 Å². The van der Waals surface area contributed by atoms with Crippen LogP contribution in [0.15, 0.2) is 42.5 Å². The van der Waals surface area contributed by atoms with Gasteiger partial charge in [-0.3, -0.25) is 9.59 Å². The molecule has 2 aromatic rings. The molecule has 4 heteroatoms. The quantitative estimate of drug-likeness (QED) is 0.580. The summed E-state index contributed by atoms with van der Waals surface area (Å²) >= 11 is 0. The number of rotatable bonds is 8. The van der Waals surface area contributed by atoms with Crippen LogP contribution in [0.2, 0.25) is 0 Å². The summed E-state index contributed by atoms with van der Waals surface area (Å²) in [4.78, 5) is 22.7. The van der Waals surface area contributed by atoms with Crippen LogP contribution in [0.4, 0.5) is 0 Å². The van der Waals surface area contributed by atoms with Gasteiger partial charge in [0.05, 0.1) is 0 Å². The molecule has 0 saturated heterocycles. The number of hydrogen-bond acceptors (Lipinski definition) is 3. The van der Waals surface area contributed by atoms with Crippen LogP contribution in [-0.4, -0.2) is 25.3 Å². The number of carbonyl (C=O) groups is 2. The van der Waals surface area contributed by atoms with Gasteiger partial charge in [-0.15, -0.1) is 0 Å². The van der Waals surface area contributed by atoms with Gasteiger partial charge in [0.2, 0.25) is 0 Å². The van der Waals surface area contributed by atoms with E-state index in [1.165, 1.54) is 16.7 Å². The van der Waals surface area contributed by atoms with Crippen molar-refractivity contribution in [2.24, 2.45) is 0 Å². The highest BCUT2D eigenvalue weighted by Crippen LogP contribution is 2.09. The molecule has 0 spiro atoms. The molecule has 126 valence electrons. The Bertz CT molecular complexity index is 711. The zero-order chi connectivity index (χ0) is 17.4. The fourth-order valence-corrected chi connectivity index (χ4v) is 2.42. The fraction of sp³-hybridized carbons (Fsp3) is 0.300. The molecule has 0 aliphatic carbocycles. The minimum Gasteiger partial charge on any atom is -0.352 e. The van der Waals surface area contributed by atoms with E-state index in [4.69, 9.17) is 0 Å². The van der Waals surface area contributed by atoms with Gasteiger partial charge in [-0.2, -0.15) is 0 Å². The minimum absolute atomic E-state index is 0.146. The predicted molar refractivity (Wildman–Crippen MR) is 96.4 cm³/mol. The van der Waals surface area contributed by atoms with Crippen LogP contribution in [-0.2, 0) is 6.54 Å². The third kappa shape index (κ3) is 5.32. The number of carbonyl (C=O) groups excluding carboxylic acids is 2. The van der Waals surface area contributed by atoms with Gasteiger partial charge in [0, 0.05) is 24.2 Å². The highest BCUT2D eigenvalue weighted by molar-refractivity contribution is 5.95. The Morgan fingerprint density at radius 3 is 2.62 bits per heavy atom. The topological polar surface area (TPSA) is 58.2 Å². The predicted octanol–water partition coefficient (Wildman–Crippen LogP) is 3.03. The van der Waals surface area contributed by atoms with Gasteiger partial charge in [0.15, 0.2) is 0 Å². The van der Waals surface area contributed by atoms with Crippen molar-refractivity contribution in [3.05, 3.63) is 70.3 Å². The second kappa shape index (κ2) is 8.99. The van der Waals surface area contributed by atoms with Crippen molar-refractivity contribution in [2.45, 2.75) is 26.8 Å². The summed E-state index contributed by atoms with van der Waals surface area (Å²) < 4.78 is 0. The van der Waals surface area contributed by atoms with Crippen LogP contribution in [0.5, 0.6) is 0 Å². The number of nitrogens with one attached hydrogen (secondary N) is 2. The van der Waals surface area contributed by atoms with Crippen LogP contribution in [0.25, 0.3) is 0 Å². The average molecular weight is 324 g/mol. The lowest BCUT2D eigenvalue weighted by molar-refractivity contribution is 0.0953. The Morgan fingerprint density at radius 2 is 1.88 bits per heavy atom. The molecule has 0 fully saturated rings. The first-order chi connectivity index (χ1) is 11.6. The summed E-state index contributed by atoms with van der Waals surface area (Å²) in [6, 6.07) is 13.2. The molecule has 2 N–H and O–H groups in total. The smallest absolute Gasteiger partial charge is 0.251 e. The van der Waals surface area contributed by atoms with Crippen molar-refractivity contribution in [3.8, 4) is 0 Å². The summed E-state index contributed by atoms with van der Waals surface area (Å²) in [5.74, 6) is -0.146. The van der Waals surface area contributed by atoms with E-state index in [1.807, 2.05) is 0 Å². The summed E-state index contributed by atoms with van der Waals surface area (Å²) in [5.41, 5.74) is 4.91. The molecule has 0 radical (unpaired) electrons. The van der Waals surface area contributed by atoms with E-state index in [2.05, 4.69) is 42.7 Å². The van der Waals surface area contributed by atoms with Crippen LogP contribution < -0.4 is 10.6 Å². The largest absolute Gasteiger partial charge is 0.352 e. The second-order valence-corrected chi connectivity index (χ2v) is 5.95. The van der Waals surface area contributed by atoms with Crippen molar-refractivity contribution in [1.82, 2.24) is 10.6 Å². The third-order valence-electron chi connectivity index (χ3n) is 4.00. The van der Waals surface area contributed by atoms with E-state index in [0.717, 1.165) is 25.8 Å². The standard InChI is InChI=1S/C20H24N2O2/c1-15-7-8-17(11-16(15)2)13-21-9-4-10-22-20(24)19-6-3-5-18(12-19)14-23/h3,5-8,11-12,14,21H,4,9-10,13H2,1-2H3,(H,22,24). The highest BCUT2D eigenvalue weighted by Gasteiger charge is 2.05. The number of benzene rings is 2. The van der Waals surface area contributed by atoms with Crippen molar-refractivity contribution in [1.29, 1.82) is 0 Å². The minimum atomic E-state index is -0.146. The Balaban J connectivity index is 1.66. The lowest BCUT2D eigenvalue weighted by Gasteiger charge is -2.08.